The molecule has 0 aliphatic heterocycles. The molecule has 1 aliphatic rings. The van der Waals surface area contributed by atoms with Gasteiger partial charge in [-0.1, -0.05) is 11.6 Å². The zero-order valence-electron chi connectivity index (χ0n) is 13.9. The van der Waals surface area contributed by atoms with Crippen LogP contribution in [0.3, 0.4) is 0 Å². The van der Waals surface area contributed by atoms with Crippen LogP contribution in [0.5, 0.6) is 0 Å². The Kier molecular flexibility index (Phi) is 3.30. The second kappa shape index (κ2) is 5.41. The summed E-state index contributed by atoms with van der Waals surface area (Å²) in [7, 11) is 1.76. The normalized spacial score (nSPS) is 15.3. The first-order valence-electron chi connectivity index (χ1n) is 8.18. The van der Waals surface area contributed by atoms with Crippen molar-refractivity contribution in [2.75, 3.05) is 0 Å². The molecule has 1 aliphatic carbocycles. The smallest absolute Gasteiger partial charge is 0.259 e. The summed E-state index contributed by atoms with van der Waals surface area (Å²) >= 11 is 6.00. The summed E-state index contributed by atoms with van der Waals surface area (Å²) in [5.41, 5.74) is 0.505. The van der Waals surface area contributed by atoms with E-state index in [2.05, 4.69) is 25.3 Å². The van der Waals surface area contributed by atoms with Gasteiger partial charge in [0.05, 0.1) is 22.3 Å². The molecule has 1 saturated carbocycles. The molecule has 140 valence electrons. The van der Waals surface area contributed by atoms with Crippen molar-refractivity contribution in [3.63, 3.8) is 0 Å². The Labute approximate surface area is 154 Å². The van der Waals surface area contributed by atoms with E-state index in [1.165, 1.54) is 15.5 Å². The minimum atomic E-state index is -4.61. The number of rotatable bonds is 3. The summed E-state index contributed by atoms with van der Waals surface area (Å²) in [4.78, 5) is 8.71. The van der Waals surface area contributed by atoms with Crippen LogP contribution in [0.25, 0.3) is 16.7 Å². The van der Waals surface area contributed by atoms with Crippen LogP contribution >= 0.6 is 11.6 Å². The van der Waals surface area contributed by atoms with Crippen LogP contribution in [0.15, 0.2) is 12.5 Å². The van der Waals surface area contributed by atoms with E-state index in [4.69, 9.17) is 11.6 Å². The Hall–Kier alpha value is -2.69. The molecule has 12 heteroatoms. The van der Waals surface area contributed by atoms with Crippen molar-refractivity contribution in [2.24, 2.45) is 7.05 Å². The lowest BCUT2D eigenvalue weighted by atomic mass is 10.2. The fourth-order valence-electron chi connectivity index (χ4n) is 3.19. The van der Waals surface area contributed by atoms with E-state index in [0.29, 0.717) is 28.2 Å². The SMILES string of the molecule is Cn1ncc2c1ncn1nc(Cn3nc(C(F)(F)F)c(Cl)c3C3CC3)nc21. The fourth-order valence-corrected chi connectivity index (χ4v) is 3.58. The molecule has 27 heavy (non-hydrogen) atoms. The molecule has 0 unspecified atom stereocenters. The molecule has 4 aromatic heterocycles. The van der Waals surface area contributed by atoms with Crippen molar-refractivity contribution in [1.29, 1.82) is 0 Å². The highest BCUT2D eigenvalue weighted by atomic mass is 35.5. The van der Waals surface area contributed by atoms with E-state index < -0.39 is 11.9 Å². The zero-order valence-corrected chi connectivity index (χ0v) is 14.7. The van der Waals surface area contributed by atoms with Crippen molar-refractivity contribution in [2.45, 2.75) is 31.5 Å². The van der Waals surface area contributed by atoms with Crippen molar-refractivity contribution < 1.29 is 13.2 Å². The Balaban J connectivity index is 1.60. The van der Waals surface area contributed by atoms with Gasteiger partial charge in [0, 0.05) is 13.0 Å². The van der Waals surface area contributed by atoms with Crippen molar-refractivity contribution in [1.82, 2.24) is 39.1 Å². The topological polar surface area (TPSA) is 78.7 Å². The second-order valence-corrected chi connectivity index (χ2v) is 6.90. The molecule has 0 radical (unpaired) electrons. The summed E-state index contributed by atoms with van der Waals surface area (Å²) < 4.78 is 43.9. The third-order valence-corrected chi connectivity index (χ3v) is 4.94. The monoisotopic (exact) mass is 396 g/mol. The Morgan fingerprint density at radius 1 is 1.22 bits per heavy atom. The van der Waals surface area contributed by atoms with Gasteiger partial charge < -0.3 is 0 Å². The average molecular weight is 397 g/mol. The van der Waals surface area contributed by atoms with Crippen LogP contribution in [0.1, 0.15) is 36.0 Å². The summed E-state index contributed by atoms with van der Waals surface area (Å²) in [6, 6.07) is 0. The molecule has 0 spiro atoms. The number of nitrogens with zero attached hydrogens (tertiary/aromatic N) is 8. The molecule has 0 saturated heterocycles. The molecular weight excluding hydrogens is 385 g/mol. The van der Waals surface area contributed by atoms with Gasteiger partial charge in [0.2, 0.25) is 0 Å². The quantitative estimate of drug-likeness (QED) is 0.532. The first-order valence-corrected chi connectivity index (χ1v) is 8.56. The number of hydrogen-bond donors (Lipinski definition) is 0. The first-order chi connectivity index (χ1) is 12.8. The minimum absolute atomic E-state index is 0.00886. The van der Waals surface area contributed by atoms with Crippen molar-refractivity contribution >= 4 is 28.3 Å². The second-order valence-electron chi connectivity index (χ2n) is 6.52. The molecule has 0 N–H and O–H groups in total. The van der Waals surface area contributed by atoms with Crippen molar-refractivity contribution in [3.05, 3.63) is 34.8 Å². The number of fused-ring (bicyclic) bond motifs is 3. The van der Waals surface area contributed by atoms with Gasteiger partial charge in [0.25, 0.3) is 0 Å². The van der Waals surface area contributed by atoms with Crippen LogP contribution in [-0.4, -0.2) is 39.1 Å². The highest BCUT2D eigenvalue weighted by Crippen LogP contribution is 2.47. The maximum absolute atomic E-state index is 13.2. The van der Waals surface area contributed by atoms with Gasteiger partial charge in [-0.15, -0.1) is 5.10 Å². The van der Waals surface area contributed by atoms with E-state index in [9.17, 15) is 13.2 Å². The number of hydrogen-bond acceptors (Lipinski definition) is 5. The van der Waals surface area contributed by atoms with Crippen molar-refractivity contribution in [3.8, 4) is 0 Å². The average Bonchev–Trinajstić information content (AvgIpc) is 3.08. The van der Waals surface area contributed by atoms with E-state index in [1.54, 1.807) is 17.9 Å². The predicted octanol–water partition coefficient (Wildman–Crippen LogP) is 2.81. The molecule has 4 aromatic rings. The van der Waals surface area contributed by atoms with Gasteiger partial charge >= 0.3 is 6.18 Å². The summed E-state index contributed by atoms with van der Waals surface area (Å²) in [6.07, 6.45) is 0.0975. The predicted molar refractivity (Wildman–Crippen MR) is 88.4 cm³/mol. The van der Waals surface area contributed by atoms with Gasteiger partial charge in [-0.2, -0.15) is 23.4 Å². The molecule has 4 heterocycles. The van der Waals surface area contributed by atoms with Gasteiger partial charge in [-0.25, -0.2) is 14.5 Å². The fraction of sp³-hybridized carbons (Fsp3) is 0.400. The summed E-state index contributed by atoms with van der Waals surface area (Å²) in [5, 5.41) is 12.5. The van der Waals surface area contributed by atoms with Gasteiger partial charge in [0.15, 0.2) is 22.8 Å². The van der Waals surface area contributed by atoms with E-state index in [1.807, 2.05) is 0 Å². The Bertz CT molecular complexity index is 1180. The number of aromatic nitrogens is 8. The third kappa shape index (κ3) is 2.56. The molecule has 1 fully saturated rings. The maximum Gasteiger partial charge on any atom is 0.436 e. The molecule has 0 bridgehead atoms. The Morgan fingerprint density at radius 2 is 2.00 bits per heavy atom. The standard InChI is InChI=1S/C15H12ClF3N8/c1-25-13-8(4-21-25)14-22-9(23-27(14)6-20-13)5-26-11(7-2-3-7)10(16)12(24-26)15(17,18)19/h4,6-7H,2-3,5H2,1H3. The highest BCUT2D eigenvalue weighted by Gasteiger charge is 2.42. The van der Waals surface area contributed by atoms with E-state index >= 15 is 0 Å². The number of aryl methyl sites for hydroxylation is 1. The minimum Gasteiger partial charge on any atom is -0.259 e. The van der Waals surface area contributed by atoms with Crippen LogP contribution in [0.4, 0.5) is 13.2 Å². The number of halogens is 4. The number of alkyl halides is 3. The highest BCUT2D eigenvalue weighted by molar-refractivity contribution is 6.32. The Morgan fingerprint density at radius 3 is 2.70 bits per heavy atom. The molecule has 5 rings (SSSR count). The zero-order chi connectivity index (χ0) is 18.9. The van der Waals surface area contributed by atoms with E-state index in [-0.39, 0.29) is 17.5 Å². The van der Waals surface area contributed by atoms with E-state index in [0.717, 1.165) is 12.8 Å². The maximum atomic E-state index is 13.2. The lowest BCUT2D eigenvalue weighted by Crippen LogP contribution is -2.10. The summed E-state index contributed by atoms with van der Waals surface area (Å²) in [6.45, 7) is -0.00886. The van der Waals surface area contributed by atoms with Crippen LogP contribution in [0.2, 0.25) is 5.02 Å². The molecule has 0 aromatic carbocycles. The largest absolute Gasteiger partial charge is 0.436 e. The lowest BCUT2D eigenvalue weighted by Gasteiger charge is -2.03. The van der Waals surface area contributed by atoms with Crippen LogP contribution in [-0.2, 0) is 19.8 Å². The first kappa shape index (κ1) is 16.5. The summed E-state index contributed by atoms with van der Waals surface area (Å²) in [5.74, 6) is 0.313. The van der Waals surface area contributed by atoms with Crippen LogP contribution < -0.4 is 0 Å². The lowest BCUT2D eigenvalue weighted by molar-refractivity contribution is -0.141. The van der Waals surface area contributed by atoms with Gasteiger partial charge in [0.1, 0.15) is 12.9 Å². The third-order valence-electron chi connectivity index (χ3n) is 4.57. The molecule has 0 atom stereocenters. The molecule has 0 amide bonds. The van der Waals surface area contributed by atoms with Gasteiger partial charge in [-0.05, 0) is 12.8 Å². The molecule has 8 nitrogen and oxygen atoms in total. The van der Waals surface area contributed by atoms with Crippen LogP contribution in [0, 0.1) is 0 Å². The molecular formula is C15H12ClF3N8. The van der Waals surface area contributed by atoms with Gasteiger partial charge in [-0.3, -0.25) is 9.36 Å².